The standard InChI is InChI=1S/C42H30N4O/c1-42(2)33-20-11-9-18-30(33)32-26-28(24-25-34(32)42)40-43-39(27-14-5-3-6-15-27)44-41(45-40)46(29-16-7-4-8-17-29)35-21-13-23-37-38(35)31-19-10-12-22-36(31)47-37/h3-26H,1-2H3. The molecule has 6 aromatic carbocycles. The molecule has 1 aliphatic rings. The van der Waals surface area contributed by atoms with Gasteiger partial charge in [0.2, 0.25) is 5.95 Å². The van der Waals surface area contributed by atoms with Crippen LogP contribution in [-0.4, -0.2) is 15.0 Å². The molecule has 0 N–H and O–H groups in total. The van der Waals surface area contributed by atoms with E-state index in [4.69, 9.17) is 19.4 Å². The molecular formula is C42H30N4O. The summed E-state index contributed by atoms with van der Waals surface area (Å²) in [5, 5.41) is 2.04. The van der Waals surface area contributed by atoms with E-state index in [2.05, 4.69) is 85.5 Å². The zero-order valence-corrected chi connectivity index (χ0v) is 26.1. The van der Waals surface area contributed by atoms with Crippen LogP contribution in [0.5, 0.6) is 0 Å². The van der Waals surface area contributed by atoms with Gasteiger partial charge in [-0.25, -0.2) is 4.98 Å². The Morgan fingerprint density at radius 2 is 1.19 bits per heavy atom. The highest BCUT2D eigenvalue weighted by molar-refractivity contribution is 6.13. The fraction of sp³-hybridized carbons (Fsp3) is 0.0714. The lowest BCUT2D eigenvalue weighted by Crippen LogP contribution is -2.16. The van der Waals surface area contributed by atoms with E-state index in [-0.39, 0.29) is 5.41 Å². The number of rotatable bonds is 5. The quantitative estimate of drug-likeness (QED) is 0.195. The Hall–Kier alpha value is -6.07. The molecule has 0 fully saturated rings. The average Bonchev–Trinajstić information content (AvgIpc) is 3.62. The van der Waals surface area contributed by atoms with Crippen molar-refractivity contribution in [3.05, 3.63) is 157 Å². The van der Waals surface area contributed by atoms with Gasteiger partial charge in [0.1, 0.15) is 11.2 Å². The Bertz CT molecular complexity index is 2450. The molecule has 47 heavy (non-hydrogen) atoms. The van der Waals surface area contributed by atoms with Gasteiger partial charge in [-0.15, -0.1) is 0 Å². The smallest absolute Gasteiger partial charge is 0.238 e. The molecule has 224 valence electrons. The fourth-order valence-electron chi connectivity index (χ4n) is 7.05. The van der Waals surface area contributed by atoms with Crippen molar-refractivity contribution in [3.8, 4) is 33.9 Å². The normalized spacial score (nSPS) is 13.1. The van der Waals surface area contributed by atoms with E-state index >= 15 is 0 Å². The van der Waals surface area contributed by atoms with Crippen molar-refractivity contribution >= 4 is 39.3 Å². The molecule has 0 unspecified atom stereocenters. The number of para-hydroxylation sites is 2. The molecule has 1 aliphatic carbocycles. The summed E-state index contributed by atoms with van der Waals surface area (Å²) in [5.41, 5.74) is 10.4. The second-order valence-electron chi connectivity index (χ2n) is 12.5. The zero-order chi connectivity index (χ0) is 31.5. The highest BCUT2D eigenvalue weighted by Gasteiger charge is 2.35. The second-order valence-corrected chi connectivity index (χ2v) is 12.5. The number of benzene rings is 6. The van der Waals surface area contributed by atoms with Crippen molar-refractivity contribution in [2.24, 2.45) is 0 Å². The van der Waals surface area contributed by atoms with Crippen LogP contribution in [0.3, 0.4) is 0 Å². The molecule has 0 aliphatic heterocycles. The number of aromatic nitrogens is 3. The lowest BCUT2D eigenvalue weighted by Gasteiger charge is -2.25. The molecule has 5 nitrogen and oxygen atoms in total. The maximum atomic E-state index is 6.31. The zero-order valence-electron chi connectivity index (χ0n) is 26.1. The van der Waals surface area contributed by atoms with Crippen LogP contribution in [0.15, 0.2) is 150 Å². The molecule has 0 spiro atoms. The predicted octanol–water partition coefficient (Wildman–Crippen LogP) is 10.9. The van der Waals surface area contributed by atoms with Crippen molar-refractivity contribution in [2.45, 2.75) is 19.3 Å². The van der Waals surface area contributed by atoms with Crippen molar-refractivity contribution in [2.75, 3.05) is 4.90 Å². The highest BCUT2D eigenvalue weighted by Crippen LogP contribution is 2.49. The lowest BCUT2D eigenvalue weighted by molar-refractivity contribution is 0.660. The summed E-state index contributed by atoms with van der Waals surface area (Å²) in [6.07, 6.45) is 0. The van der Waals surface area contributed by atoms with Gasteiger partial charge in [-0.1, -0.05) is 123 Å². The molecule has 0 atom stereocenters. The summed E-state index contributed by atoms with van der Waals surface area (Å²) in [5.74, 6) is 1.75. The minimum absolute atomic E-state index is 0.0833. The topological polar surface area (TPSA) is 55.1 Å². The van der Waals surface area contributed by atoms with Gasteiger partial charge in [-0.3, -0.25) is 4.90 Å². The van der Waals surface area contributed by atoms with E-state index in [0.717, 1.165) is 44.4 Å². The molecule has 2 heterocycles. The third kappa shape index (κ3) is 4.35. The number of nitrogens with zero attached hydrogens (tertiary/aromatic N) is 4. The molecule has 0 saturated heterocycles. The summed E-state index contributed by atoms with van der Waals surface area (Å²) in [6.45, 7) is 4.59. The van der Waals surface area contributed by atoms with Gasteiger partial charge in [0.05, 0.1) is 11.1 Å². The molecule has 0 radical (unpaired) electrons. The molecule has 2 aromatic heterocycles. The molecule has 0 saturated carbocycles. The minimum atomic E-state index is -0.0833. The molecule has 0 bridgehead atoms. The maximum Gasteiger partial charge on any atom is 0.238 e. The van der Waals surface area contributed by atoms with Gasteiger partial charge >= 0.3 is 0 Å². The summed E-state index contributed by atoms with van der Waals surface area (Å²) in [7, 11) is 0. The van der Waals surface area contributed by atoms with Crippen LogP contribution in [0.4, 0.5) is 17.3 Å². The Kier molecular flexibility index (Phi) is 6.09. The van der Waals surface area contributed by atoms with Crippen LogP contribution in [0.25, 0.3) is 55.8 Å². The van der Waals surface area contributed by atoms with Crippen LogP contribution in [-0.2, 0) is 5.41 Å². The number of fused-ring (bicyclic) bond motifs is 6. The number of hydrogen-bond donors (Lipinski definition) is 0. The Morgan fingerprint density at radius 3 is 2.02 bits per heavy atom. The first-order valence-electron chi connectivity index (χ1n) is 15.9. The maximum absolute atomic E-state index is 6.31. The Balaban J connectivity index is 1.31. The first kappa shape index (κ1) is 27.3. The van der Waals surface area contributed by atoms with Gasteiger partial charge in [-0.2, -0.15) is 9.97 Å². The van der Waals surface area contributed by atoms with E-state index in [0.29, 0.717) is 17.6 Å². The first-order chi connectivity index (χ1) is 23.1. The van der Waals surface area contributed by atoms with Gasteiger partial charge in [0.15, 0.2) is 11.6 Å². The van der Waals surface area contributed by atoms with Crippen molar-refractivity contribution in [1.29, 1.82) is 0 Å². The molecule has 5 heteroatoms. The van der Waals surface area contributed by atoms with Gasteiger partial charge in [0, 0.05) is 27.6 Å². The third-order valence-corrected chi connectivity index (χ3v) is 9.33. The van der Waals surface area contributed by atoms with E-state index in [1.165, 1.54) is 22.3 Å². The SMILES string of the molecule is CC1(C)c2ccccc2-c2cc(-c3nc(-c4ccccc4)nc(N(c4ccccc4)c4cccc5oc6ccccc6c45)n3)ccc21. The first-order valence-corrected chi connectivity index (χ1v) is 15.9. The van der Waals surface area contributed by atoms with Crippen molar-refractivity contribution in [1.82, 2.24) is 15.0 Å². The second kappa shape index (κ2) is 10.5. The van der Waals surface area contributed by atoms with E-state index in [9.17, 15) is 0 Å². The van der Waals surface area contributed by atoms with Gasteiger partial charge in [-0.05, 0) is 58.7 Å². The van der Waals surface area contributed by atoms with E-state index < -0.39 is 0 Å². The van der Waals surface area contributed by atoms with Gasteiger partial charge < -0.3 is 4.42 Å². The molecule has 9 rings (SSSR count). The fourth-order valence-corrected chi connectivity index (χ4v) is 7.05. The van der Waals surface area contributed by atoms with Crippen LogP contribution in [0.2, 0.25) is 0 Å². The van der Waals surface area contributed by atoms with Gasteiger partial charge in [0.25, 0.3) is 0 Å². The molecular weight excluding hydrogens is 576 g/mol. The predicted molar refractivity (Wildman–Crippen MR) is 190 cm³/mol. The summed E-state index contributed by atoms with van der Waals surface area (Å²) in [6, 6.07) is 50.0. The van der Waals surface area contributed by atoms with Crippen molar-refractivity contribution < 1.29 is 4.42 Å². The van der Waals surface area contributed by atoms with Crippen molar-refractivity contribution in [3.63, 3.8) is 0 Å². The number of hydrogen-bond acceptors (Lipinski definition) is 5. The summed E-state index contributed by atoms with van der Waals surface area (Å²) >= 11 is 0. The van der Waals surface area contributed by atoms with Crippen LogP contribution in [0, 0.1) is 0 Å². The average molecular weight is 607 g/mol. The van der Waals surface area contributed by atoms with E-state index in [1.807, 2.05) is 78.9 Å². The lowest BCUT2D eigenvalue weighted by atomic mass is 9.82. The summed E-state index contributed by atoms with van der Waals surface area (Å²) in [4.78, 5) is 17.6. The number of anilines is 3. The minimum Gasteiger partial charge on any atom is -0.456 e. The largest absolute Gasteiger partial charge is 0.456 e. The van der Waals surface area contributed by atoms with E-state index in [1.54, 1.807) is 0 Å². The monoisotopic (exact) mass is 606 g/mol. The van der Waals surface area contributed by atoms with Crippen LogP contribution >= 0.6 is 0 Å². The molecule has 0 amide bonds. The van der Waals surface area contributed by atoms with Crippen LogP contribution < -0.4 is 4.90 Å². The molecule has 8 aromatic rings. The van der Waals surface area contributed by atoms with Crippen LogP contribution in [0.1, 0.15) is 25.0 Å². The third-order valence-electron chi connectivity index (χ3n) is 9.33. The number of furan rings is 1. The Labute approximate surface area is 272 Å². The Morgan fingerprint density at radius 1 is 0.532 bits per heavy atom. The highest BCUT2D eigenvalue weighted by atomic mass is 16.3. The summed E-state index contributed by atoms with van der Waals surface area (Å²) < 4.78 is 6.31.